The Morgan fingerprint density at radius 3 is 2.41 bits per heavy atom. The Bertz CT molecular complexity index is 727. The minimum Gasteiger partial charge on any atom is -0.493 e. The summed E-state index contributed by atoms with van der Waals surface area (Å²) in [5.41, 5.74) is 5.38. The molecule has 9 nitrogen and oxygen atoms in total. The van der Waals surface area contributed by atoms with Crippen molar-refractivity contribution >= 4 is 17.7 Å². The van der Waals surface area contributed by atoms with Crippen LogP contribution in [0.3, 0.4) is 0 Å². The summed E-state index contributed by atoms with van der Waals surface area (Å²) in [7, 11) is 2.82. The highest BCUT2D eigenvalue weighted by Crippen LogP contribution is 2.38. The van der Waals surface area contributed by atoms with E-state index in [1.807, 2.05) is 4.90 Å². The number of ether oxygens (including phenoxy) is 3. The molecule has 3 N–H and O–H groups in total. The second-order valence-electron chi connectivity index (χ2n) is 7.06. The maximum absolute atomic E-state index is 12.5. The van der Waals surface area contributed by atoms with Gasteiger partial charge in [-0.25, -0.2) is 0 Å². The lowest BCUT2D eigenvalue weighted by Crippen LogP contribution is -2.40. The molecule has 0 saturated carbocycles. The first-order valence-electron chi connectivity index (χ1n) is 9.58. The zero-order chi connectivity index (χ0) is 21.4. The van der Waals surface area contributed by atoms with Gasteiger partial charge >= 0.3 is 0 Å². The molecule has 1 aliphatic heterocycles. The molecule has 1 aromatic carbocycles. The number of primary amides is 1. The molecular weight excluding hydrogens is 378 g/mol. The lowest BCUT2D eigenvalue weighted by Gasteiger charge is -2.31. The summed E-state index contributed by atoms with van der Waals surface area (Å²) in [6.07, 6.45) is 2.40. The van der Waals surface area contributed by atoms with E-state index in [1.165, 1.54) is 26.4 Å². The maximum Gasteiger partial charge on any atom is 0.255 e. The van der Waals surface area contributed by atoms with Crippen LogP contribution in [-0.4, -0.2) is 63.1 Å². The van der Waals surface area contributed by atoms with Gasteiger partial charge in [-0.1, -0.05) is 6.92 Å². The van der Waals surface area contributed by atoms with Crippen molar-refractivity contribution < 1.29 is 28.6 Å². The number of likely N-dealkylation sites (tertiary alicyclic amines) is 1. The van der Waals surface area contributed by atoms with E-state index in [0.29, 0.717) is 5.92 Å². The third-order valence-electron chi connectivity index (χ3n) is 4.72. The van der Waals surface area contributed by atoms with Gasteiger partial charge in [0.1, 0.15) is 0 Å². The van der Waals surface area contributed by atoms with Crippen LogP contribution in [0.15, 0.2) is 12.1 Å². The van der Waals surface area contributed by atoms with Gasteiger partial charge < -0.3 is 30.2 Å². The van der Waals surface area contributed by atoms with E-state index in [4.69, 9.17) is 19.9 Å². The molecule has 1 unspecified atom stereocenters. The summed E-state index contributed by atoms with van der Waals surface area (Å²) in [6, 6.07) is 2.95. The summed E-state index contributed by atoms with van der Waals surface area (Å²) < 4.78 is 15.8. The highest BCUT2D eigenvalue weighted by atomic mass is 16.5. The molecule has 1 saturated heterocycles. The van der Waals surface area contributed by atoms with Gasteiger partial charge in [0.25, 0.3) is 11.8 Å². The van der Waals surface area contributed by atoms with Crippen LogP contribution >= 0.6 is 0 Å². The Morgan fingerprint density at radius 2 is 1.86 bits per heavy atom. The van der Waals surface area contributed by atoms with Crippen molar-refractivity contribution in [2.45, 2.75) is 26.2 Å². The minimum atomic E-state index is -0.649. The maximum atomic E-state index is 12.5. The number of nitrogens with zero attached hydrogens (tertiary/aromatic N) is 1. The molecule has 3 amide bonds. The molecule has 1 aromatic rings. The van der Waals surface area contributed by atoms with Gasteiger partial charge in [0, 0.05) is 31.6 Å². The van der Waals surface area contributed by atoms with Gasteiger partial charge in [0.15, 0.2) is 18.1 Å². The molecule has 0 spiro atoms. The largest absolute Gasteiger partial charge is 0.493 e. The summed E-state index contributed by atoms with van der Waals surface area (Å²) in [4.78, 5) is 37.7. The van der Waals surface area contributed by atoms with E-state index < -0.39 is 5.91 Å². The molecule has 0 aromatic heterocycles. The number of benzene rings is 1. The van der Waals surface area contributed by atoms with Gasteiger partial charge in [-0.2, -0.15) is 0 Å². The van der Waals surface area contributed by atoms with E-state index >= 15 is 0 Å². The Morgan fingerprint density at radius 1 is 1.21 bits per heavy atom. The van der Waals surface area contributed by atoms with E-state index in [1.54, 1.807) is 0 Å². The number of amides is 3. The molecule has 0 bridgehead atoms. The predicted octanol–water partition coefficient (Wildman–Crippen LogP) is 0.946. The first-order valence-corrected chi connectivity index (χ1v) is 9.58. The van der Waals surface area contributed by atoms with Crippen LogP contribution in [0.25, 0.3) is 0 Å². The van der Waals surface area contributed by atoms with Crippen LogP contribution in [0.2, 0.25) is 0 Å². The number of carbonyl (C=O) groups excluding carboxylic acids is 3. The second kappa shape index (κ2) is 10.5. The number of piperidine rings is 1. The molecule has 0 radical (unpaired) electrons. The normalized spacial score (nSPS) is 16.1. The lowest BCUT2D eigenvalue weighted by molar-refractivity contribution is -0.132. The van der Waals surface area contributed by atoms with Crippen molar-refractivity contribution in [1.29, 1.82) is 0 Å². The quantitative estimate of drug-likeness (QED) is 0.629. The molecule has 29 heavy (non-hydrogen) atoms. The molecule has 2 rings (SSSR count). The molecular formula is C20H29N3O6. The van der Waals surface area contributed by atoms with Crippen LogP contribution in [0.5, 0.6) is 17.2 Å². The number of nitrogens with two attached hydrogens (primary N) is 1. The van der Waals surface area contributed by atoms with Gasteiger partial charge in [-0.15, -0.1) is 0 Å². The second-order valence-corrected chi connectivity index (χ2v) is 7.06. The molecule has 1 heterocycles. The number of methoxy groups -OCH3 is 2. The Labute approximate surface area is 170 Å². The van der Waals surface area contributed by atoms with Crippen molar-refractivity contribution in [3.8, 4) is 17.2 Å². The molecule has 1 aliphatic rings. The summed E-state index contributed by atoms with van der Waals surface area (Å²) in [6.45, 7) is 3.56. The van der Waals surface area contributed by atoms with E-state index in [9.17, 15) is 14.4 Å². The van der Waals surface area contributed by atoms with Gasteiger partial charge in [-0.05, 0) is 30.9 Å². The zero-order valence-corrected chi connectivity index (χ0v) is 17.2. The first-order chi connectivity index (χ1) is 13.8. The summed E-state index contributed by atoms with van der Waals surface area (Å²) >= 11 is 0. The van der Waals surface area contributed by atoms with Crippen LogP contribution in [-0.2, 0) is 9.59 Å². The first kappa shape index (κ1) is 22.3. The van der Waals surface area contributed by atoms with Crippen LogP contribution < -0.4 is 25.3 Å². The van der Waals surface area contributed by atoms with Crippen molar-refractivity contribution in [3.63, 3.8) is 0 Å². The van der Waals surface area contributed by atoms with Gasteiger partial charge in [0.2, 0.25) is 11.7 Å². The average molecular weight is 407 g/mol. The van der Waals surface area contributed by atoms with Crippen molar-refractivity contribution in [2.24, 2.45) is 11.7 Å². The SMILES string of the molecule is COc1cc(C(=O)NCCC(=O)N2CCCC(C)C2)cc(OC)c1OCC(N)=O. The number of nitrogens with one attached hydrogen (secondary N) is 1. The van der Waals surface area contributed by atoms with Gasteiger partial charge in [-0.3, -0.25) is 14.4 Å². The van der Waals surface area contributed by atoms with Crippen LogP contribution in [0, 0.1) is 5.92 Å². The number of hydrogen-bond donors (Lipinski definition) is 2. The number of hydrogen-bond acceptors (Lipinski definition) is 6. The fourth-order valence-electron chi connectivity index (χ4n) is 3.26. The summed E-state index contributed by atoms with van der Waals surface area (Å²) in [5.74, 6) is 0.175. The molecule has 1 atom stereocenters. The Kier molecular flexibility index (Phi) is 8.11. The van der Waals surface area contributed by atoms with E-state index in [0.717, 1.165) is 25.9 Å². The van der Waals surface area contributed by atoms with Crippen LogP contribution in [0.4, 0.5) is 0 Å². The standard InChI is InChI=1S/C20H29N3O6/c1-13-5-4-8-23(11-13)18(25)6-7-22-20(26)14-9-15(27-2)19(16(10-14)28-3)29-12-17(21)24/h9-10,13H,4-8,11-12H2,1-3H3,(H2,21,24)(H,22,26). The summed E-state index contributed by atoms with van der Waals surface area (Å²) in [5, 5.41) is 2.74. The number of rotatable bonds is 9. The van der Waals surface area contributed by atoms with Crippen LogP contribution in [0.1, 0.15) is 36.5 Å². The van der Waals surface area contributed by atoms with Gasteiger partial charge in [0.05, 0.1) is 14.2 Å². The molecule has 160 valence electrons. The molecule has 1 fully saturated rings. The van der Waals surface area contributed by atoms with E-state index in [2.05, 4.69) is 12.2 Å². The van der Waals surface area contributed by atoms with Crippen molar-refractivity contribution in [3.05, 3.63) is 17.7 Å². The average Bonchev–Trinajstić information content (AvgIpc) is 2.71. The number of carbonyl (C=O) groups is 3. The monoisotopic (exact) mass is 407 g/mol. The topological polar surface area (TPSA) is 120 Å². The van der Waals surface area contributed by atoms with E-state index in [-0.39, 0.29) is 54.2 Å². The lowest BCUT2D eigenvalue weighted by atomic mass is 10.00. The minimum absolute atomic E-state index is 0.0437. The van der Waals surface area contributed by atoms with Crippen molar-refractivity contribution in [1.82, 2.24) is 10.2 Å². The highest BCUT2D eigenvalue weighted by Gasteiger charge is 2.21. The smallest absolute Gasteiger partial charge is 0.255 e. The highest BCUT2D eigenvalue weighted by molar-refractivity contribution is 5.96. The fraction of sp³-hybridized carbons (Fsp3) is 0.550. The zero-order valence-electron chi connectivity index (χ0n) is 17.2. The Hall–Kier alpha value is -2.97. The molecule has 0 aliphatic carbocycles. The Balaban J connectivity index is 1.99. The molecule has 9 heteroatoms. The predicted molar refractivity (Wildman–Crippen MR) is 106 cm³/mol. The third kappa shape index (κ3) is 6.27. The van der Waals surface area contributed by atoms with Crippen molar-refractivity contribution in [2.75, 3.05) is 40.5 Å². The third-order valence-corrected chi connectivity index (χ3v) is 4.72. The fourth-order valence-corrected chi connectivity index (χ4v) is 3.26.